The molecule has 0 unspecified atom stereocenters. The van der Waals surface area contributed by atoms with Gasteiger partial charge in [-0.1, -0.05) is 30.3 Å². The fraction of sp³-hybridized carbons (Fsp3) is 0.333. The van der Waals surface area contributed by atoms with Gasteiger partial charge >= 0.3 is 0 Å². The van der Waals surface area contributed by atoms with E-state index in [0.717, 1.165) is 24.4 Å². The van der Waals surface area contributed by atoms with E-state index in [4.69, 9.17) is 0 Å². The summed E-state index contributed by atoms with van der Waals surface area (Å²) in [5, 5.41) is 2.93. The summed E-state index contributed by atoms with van der Waals surface area (Å²) in [6.07, 6.45) is 5.33. The Bertz CT molecular complexity index is 499. The number of thioether (sulfide) groups is 1. The van der Waals surface area contributed by atoms with Crippen LogP contribution in [0.5, 0.6) is 0 Å². The smallest absolute Gasteiger partial charge is 0.230 e. The first-order valence-corrected chi connectivity index (χ1v) is 7.86. The van der Waals surface area contributed by atoms with Gasteiger partial charge in [0.05, 0.1) is 5.75 Å². The molecule has 0 aliphatic rings. The van der Waals surface area contributed by atoms with Crippen molar-refractivity contribution >= 4 is 17.7 Å². The minimum absolute atomic E-state index is 0.102. The molecule has 0 aliphatic heterocycles. The molecule has 5 heteroatoms. The Morgan fingerprint density at radius 1 is 1.30 bits per heavy atom. The largest absolute Gasteiger partial charge is 0.355 e. The van der Waals surface area contributed by atoms with Crippen molar-refractivity contribution in [1.29, 1.82) is 0 Å². The van der Waals surface area contributed by atoms with Crippen molar-refractivity contribution in [1.82, 2.24) is 15.3 Å². The van der Waals surface area contributed by atoms with Gasteiger partial charge in [-0.05, 0) is 12.0 Å². The summed E-state index contributed by atoms with van der Waals surface area (Å²) in [5.41, 5.74) is 1.25. The molecule has 0 fully saturated rings. The summed E-state index contributed by atoms with van der Waals surface area (Å²) in [6, 6.07) is 10.2. The highest BCUT2D eigenvalue weighted by atomic mass is 32.2. The average Bonchev–Trinajstić information content (AvgIpc) is 2.98. The Morgan fingerprint density at radius 3 is 2.90 bits per heavy atom. The number of imidazole rings is 1. The summed E-state index contributed by atoms with van der Waals surface area (Å²) in [7, 11) is 0. The van der Waals surface area contributed by atoms with Crippen molar-refractivity contribution in [2.24, 2.45) is 0 Å². The van der Waals surface area contributed by atoms with Crippen molar-refractivity contribution < 1.29 is 4.79 Å². The van der Waals surface area contributed by atoms with Gasteiger partial charge < -0.3 is 10.3 Å². The molecule has 0 saturated carbocycles. The molecule has 4 nitrogen and oxygen atoms in total. The molecule has 1 aromatic heterocycles. The van der Waals surface area contributed by atoms with Crippen LogP contribution in [0.1, 0.15) is 17.8 Å². The van der Waals surface area contributed by atoms with Crippen LogP contribution in [0.25, 0.3) is 0 Å². The van der Waals surface area contributed by atoms with E-state index in [0.29, 0.717) is 12.3 Å². The Kier molecular flexibility index (Phi) is 6.17. The second kappa shape index (κ2) is 8.43. The van der Waals surface area contributed by atoms with Gasteiger partial charge in [0, 0.05) is 31.1 Å². The lowest BCUT2D eigenvalue weighted by molar-refractivity contribution is -0.118. The quantitative estimate of drug-likeness (QED) is 0.734. The first-order valence-electron chi connectivity index (χ1n) is 6.71. The normalized spacial score (nSPS) is 10.4. The number of amides is 1. The Labute approximate surface area is 123 Å². The highest BCUT2D eigenvalue weighted by molar-refractivity contribution is 7.99. The minimum atomic E-state index is 0.102. The van der Waals surface area contributed by atoms with Gasteiger partial charge in [0.1, 0.15) is 5.82 Å². The molecule has 20 heavy (non-hydrogen) atoms. The second-order valence-corrected chi connectivity index (χ2v) is 5.45. The third-order valence-corrected chi connectivity index (χ3v) is 3.82. The van der Waals surface area contributed by atoms with Crippen LogP contribution >= 0.6 is 11.8 Å². The zero-order chi connectivity index (χ0) is 14.0. The number of nitrogens with one attached hydrogen (secondary N) is 2. The first kappa shape index (κ1) is 14.7. The number of aryl methyl sites for hydroxylation is 1. The van der Waals surface area contributed by atoms with Gasteiger partial charge in [0.15, 0.2) is 0 Å². The SMILES string of the molecule is O=C(CSCc1ccccc1)NCCCc1ncc[nH]1. The number of aromatic amines is 1. The van der Waals surface area contributed by atoms with Gasteiger partial charge in [-0.2, -0.15) is 0 Å². The van der Waals surface area contributed by atoms with Crippen LogP contribution in [-0.4, -0.2) is 28.2 Å². The number of H-pyrrole nitrogens is 1. The molecule has 0 radical (unpaired) electrons. The maximum absolute atomic E-state index is 11.6. The summed E-state index contributed by atoms with van der Waals surface area (Å²) >= 11 is 1.64. The number of nitrogens with zero attached hydrogens (tertiary/aromatic N) is 1. The topological polar surface area (TPSA) is 57.8 Å². The maximum Gasteiger partial charge on any atom is 0.230 e. The zero-order valence-corrected chi connectivity index (χ0v) is 12.2. The Hall–Kier alpha value is -1.75. The van der Waals surface area contributed by atoms with E-state index in [1.165, 1.54) is 5.56 Å². The molecule has 0 spiro atoms. The van der Waals surface area contributed by atoms with Crippen LogP contribution in [0.4, 0.5) is 0 Å². The molecule has 1 heterocycles. The van der Waals surface area contributed by atoms with Crippen LogP contribution in [0.2, 0.25) is 0 Å². The molecule has 0 aliphatic carbocycles. The first-order chi connectivity index (χ1) is 9.84. The van der Waals surface area contributed by atoms with E-state index < -0.39 is 0 Å². The molecular weight excluding hydrogens is 270 g/mol. The predicted octanol–water partition coefficient (Wildman–Crippen LogP) is 2.39. The number of hydrogen-bond acceptors (Lipinski definition) is 3. The number of carbonyl (C=O) groups is 1. The molecule has 2 rings (SSSR count). The number of hydrogen-bond donors (Lipinski definition) is 2. The fourth-order valence-electron chi connectivity index (χ4n) is 1.81. The van der Waals surface area contributed by atoms with Gasteiger partial charge in [-0.15, -0.1) is 11.8 Å². The molecule has 2 N–H and O–H groups in total. The fourth-order valence-corrected chi connectivity index (χ4v) is 2.62. The van der Waals surface area contributed by atoms with Crippen molar-refractivity contribution in [2.45, 2.75) is 18.6 Å². The van der Waals surface area contributed by atoms with Crippen molar-refractivity contribution in [2.75, 3.05) is 12.3 Å². The molecule has 0 bridgehead atoms. The molecule has 2 aromatic rings. The number of aromatic nitrogens is 2. The monoisotopic (exact) mass is 289 g/mol. The van der Waals surface area contributed by atoms with E-state index in [9.17, 15) is 4.79 Å². The van der Waals surface area contributed by atoms with E-state index in [1.54, 1.807) is 18.0 Å². The molecule has 1 amide bonds. The van der Waals surface area contributed by atoms with Gasteiger partial charge in [-0.3, -0.25) is 4.79 Å². The van der Waals surface area contributed by atoms with Crippen LogP contribution in [0, 0.1) is 0 Å². The second-order valence-electron chi connectivity index (χ2n) is 4.47. The number of carbonyl (C=O) groups excluding carboxylic acids is 1. The van der Waals surface area contributed by atoms with Crippen LogP contribution in [-0.2, 0) is 17.0 Å². The molecule has 1 aromatic carbocycles. The van der Waals surface area contributed by atoms with Crippen molar-refractivity contribution in [3.8, 4) is 0 Å². The average molecular weight is 289 g/mol. The molecule has 0 atom stereocenters. The van der Waals surface area contributed by atoms with Gasteiger partial charge in [0.25, 0.3) is 0 Å². The lowest BCUT2D eigenvalue weighted by atomic mass is 10.2. The third-order valence-electron chi connectivity index (χ3n) is 2.81. The van der Waals surface area contributed by atoms with E-state index >= 15 is 0 Å². The minimum Gasteiger partial charge on any atom is -0.355 e. The lowest BCUT2D eigenvalue weighted by Crippen LogP contribution is -2.26. The van der Waals surface area contributed by atoms with Crippen LogP contribution in [0.3, 0.4) is 0 Å². The Balaban J connectivity index is 1.52. The number of rotatable bonds is 8. The third kappa shape index (κ3) is 5.48. The highest BCUT2D eigenvalue weighted by Crippen LogP contribution is 2.10. The Morgan fingerprint density at radius 2 is 2.15 bits per heavy atom. The van der Waals surface area contributed by atoms with E-state index in [-0.39, 0.29) is 5.91 Å². The van der Waals surface area contributed by atoms with Crippen LogP contribution in [0.15, 0.2) is 42.7 Å². The van der Waals surface area contributed by atoms with Gasteiger partial charge in [-0.25, -0.2) is 4.98 Å². The van der Waals surface area contributed by atoms with E-state index in [1.807, 2.05) is 24.4 Å². The van der Waals surface area contributed by atoms with Crippen molar-refractivity contribution in [3.05, 3.63) is 54.1 Å². The number of benzene rings is 1. The summed E-state index contributed by atoms with van der Waals surface area (Å²) in [5.74, 6) is 2.46. The van der Waals surface area contributed by atoms with Gasteiger partial charge in [0.2, 0.25) is 5.91 Å². The standard InChI is InChI=1S/C15H19N3OS/c19-15(12-20-11-13-5-2-1-3-6-13)18-8-4-7-14-16-9-10-17-14/h1-3,5-6,9-10H,4,7-8,11-12H2,(H,16,17)(H,18,19). The lowest BCUT2D eigenvalue weighted by Gasteiger charge is -2.04. The zero-order valence-electron chi connectivity index (χ0n) is 11.3. The van der Waals surface area contributed by atoms with Crippen molar-refractivity contribution in [3.63, 3.8) is 0 Å². The summed E-state index contributed by atoms with van der Waals surface area (Å²) in [4.78, 5) is 18.8. The maximum atomic E-state index is 11.6. The summed E-state index contributed by atoms with van der Waals surface area (Å²) in [6.45, 7) is 0.700. The summed E-state index contributed by atoms with van der Waals surface area (Å²) < 4.78 is 0. The predicted molar refractivity (Wildman–Crippen MR) is 82.5 cm³/mol. The molecular formula is C15H19N3OS. The van der Waals surface area contributed by atoms with Crippen LogP contribution < -0.4 is 5.32 Å². The van der Waals surface area contributed by atoms with E-state index in [2.05, 4.69) is 27.4 Å². The molecule has 106 valence electrons. The highest BCUT2D eigenvalue weighted by Gasteiger charge is 2.02. The molecule has 0 saturated heterocycles.